The molecule has 0 saturated heterocycles. The quantitative estimate of drug-likeness (QED) is 0.737. The summed E-state index contributed by atoms with van der Waals surface area (Å²) in [7, 11) is 0. The van der Waals surface area contributed by atoms with Gasteiger partial charge in [0.1, 0.15) is 17.3 Å². The summed E-state index contributed by atoms with van der Waals surface area (Å²) >= 11 is 5.26. The largest absolute Gasteiger partial charge is 0.355 e. The van der Waals surface area contributed by atoms with E-state index in [1.807, 2.05) is 19.9 Å². The molecule has 5 heteroatoms. The molecule has 0 bridgehead atoms. The van der Waals surface area contributed by atoms with Gasteiger partial charge in [-0.25, -0.2) is 8.78 Å². The second-order valence-corrected chi connectivity index (χ2v) is 6.69. The van der Waals surface area contributed by atoms with E-state index in [0.717, 1.165) is 11.1 Å². The van der Waals surface area contributed by atoms with Crippen LogP contribution in [0.1, 0.15) is 36.6 Å². The maximum atomic E-state index is 13.7. The van der Waals surface area contributed by atoms with Gasteiger partial charge in [-0.15, -0.1) is 0 Å². The molecule has 2 aromatic carbocycles. The molecule has 0 aliphatic rings. The normalized spacial score (nSPS) is 12.1. The lowest BCUT2D eigenvalue weighted by Crippen LogP contribution is -2.35. The molecule has 0 fully saturated rings. The summed E-state index contributed by atoms with van der Waals surface area (Å²) in [4.78, 5) is 0. The summed E-state index contributed by atoms with van der Waals surface area (Å²) in [5, 5.41) is 6.01. The van der Waals surface area contributed by atoms with Gasteiger partial charge in [0.25, 0.3) is 0 Å². The molecule has 0 aromatic heterocycles. The lowest BCUT2D eigenvalue weighted by Gasteiger charge is -2.26. The second-order valence-electron chi connectivity index (χ2n) is 6.28. The molecule has 0 aliphatic heterocycles. The van der Waals surface area contributed by atoms with Crippen LogP contribution in [0.25, 0.3) is 0 Å². The smallest absolute Gasteiger partial charge is 0.171 e. The van der Waals surface area contributed by atoms with Crippen LogP contribution in [0, 0.1) is 31.4 Å². The van der Waals surface area contributed by atoms with E-state index in [4.69, 9.17) is 12.2 Å². The number of rotatable bonds is 4. The number of anilines is 1. The van der Waals surface area contributed by atoms with Crippen LogP contribution in [0.5, 0.6) is 0 Å². The number of thiocarbonyl (C=S) groups is 1. The second kappa shape index (κ2) is 7.71. The van der Waals surface area contributed by atoms with Gasteiger partial charge in [-0.3, -0.25) is 0 Å². The Bertz CT molecular complexity index is 724. The molecular weight excluding hydrogens is 326 g/mol. The van der Waals surface area contributed by atoms with Gasteiger partial charge in [-0.1, -0.05) is 43.7 Å². The van der Waals surface area contributed by atoms with Crippen LogP contribution < -0.4 is 10.6 Å². The number of benzene rings is 2. The third kappa shape index (κ3) is 4.29. The molecule has 1 atom stereocenters. The van der Waals surface area contributed by atoms with Crippen molar-refractivity contribution in [1.29, 1.82) is 0 Å². The van der Waals surface area contributed by atoms with Crippen LogP contribution in [0.15, 0.2) is 36.4 Å². The highest BCUT2D eigenvalue weighted by Gasteiger charge is 2.19. The molecule has 0 heterocycles. The Hall–Kier alpha value is -2.01. The molecule has 0 aliphatic carbocycles. The Kier molecular flexibility index (Phi) is 5.89. The Morgan fingerprint density at radius 2 is 1.67 bits per heavy atom. The van der Waals surface area contributed by atoms with Crippen LogP contribution in [0.3, 0.4) is 0 Å². The highest BCUT2D eigenvalue weighted by Crippen LogP contribution is 2.26. The molecule has 0 radical (unpaired) electrons. The average molecular weight is 348 g/mol. The Labute approximate surface area is 147 Å². The van der Waals surface area contributed by atoms with Crippen molar-refractivity contribution in [2.45, 2.75) is 33.7 Å². The molecule has 0 saturated carbocycles. The van der Waals surface area contributed by atoms with Crippen molar-refractivity contribution in [3.05, 3.63) is 64.7 Å². The molecule has 2 rings (SSSR count). The summed E-state index contributed by atoms with van der Waals surface area (Å²) in [5.41, 5.74) is 3.22. The van der Waals surface area contributed by atoms with Gasteiger partial charge in [0, 0.05) is 0 Å². The Morgan fingerprint density at radius 3 is 2.21 bits per heavy atom. The molecule has 0 unspecified atom stereocenters. The Balaban J connectivity index is 2.20. The van der Waals surface area contributed by atoms with Gasteiger partial charge in [-0.05, 0) is 55.2 Å². The third-order valence-electron chi connectivity index (χ3n) is 3.91. The minimum absolute atomic E-state index is 0.0552. The van der Waals surface area contributed by atoms with E-state index in [1.165, 1.54) is 23.8 Å². The highest BCUT2D eigenvalue weighted by molar-refractivity contribution is 7.80. The Morgan fingerprint density at radius 1 is 1.04 bits per heavy atom. The first-order valence-electron chi connectivity index (χ1n) is 7.88. The molecule has 24 heavy (non-hydrogen) atoms. The van der Waals surface area contributed by atoms with Crippen molar-refractivity contribution >= 4 is 23.0 Å². The van der Waals surface area contributed by atoms with Gasteiger partial charge in [0.15, 0.2) is 5.11 Å². The molecule has 0 spiro atoms. The van der Waals surface area contributed by atoms with Crippen LogP contribution >= 0.6 is 12.2 Å². The summed E-state index contributed by atoms with van der Waals surface area (Å²) in [6.45, 7) is 8.24. The fraction of sp³-hybridized carbons (Fsp3) is 0.316. The third-order valence-corrected chi connectivity index (χ3v) is 4.13. The number of hydrogen-bond donors (Lipinski definition) is 2. The summed E-state index contributed by atoms with van der Waals surface area (Å²) in [6, 6.07) is 9.87. The molecule has 2 N–H and O–H groups in total. The lowest BCUT2D eigenvalue weighted by molar-refractivity contribution is 0.471. The van der Waals surface area contributed by atoms with E-state index >= 15 is 0 Å². The number of aryl methyl sites for hydroxylation is 2. The van der Waals surface area contributed by atoms with Crippen molar-refractivity contribution in [3.8, 4) is 0 Å². The van der Waals surface area contributed by atoms with Gasteiger partial charge in [0.2, 0.25) is 0 Å². The SMILES string of the molecule is Cc1ccc([C@H](NC(=S)Nc2c(F)cccc2F)C(C)C)c(C)c1. The standard InChI is InChI=1S/C19H22F2N2S/c1-11(2)17(14-9-8-12(3)10-13(14)4)22-19(24)23-18-15(20)6-5-7-16(18)21/h5-11,17H,1-4H3,(H2,22,23,24)/t17-/m1/s1. The van der Waals surface area contributed by atoms with Crippen LogP contribution in [0.4, 0.5) is 14.5 Å². The molecular formula is C19H22F2N2S. The predicted molar refractivity (Wildman–Crippen MR) is 99.2 cm³/mol. The van der Waals surface area contributed by atoms with E-state index in [1.54, 1.807) is 0 Å². The molecule has 128 valence electrons. The van der Waals surface area contributed by atoms with Crippen molar-refractivity contribution in [2.75, 3.05) is 5.32 Å². The monoisotopic (exact) mass is 348 g/mol. The van der Waals surface area contributed by atoms with E-state index in [-0.39, 0.29) is 22.8 Å². The molecule has 2 aromatic rings. The van der Waals surface area contributed by atoms with Crippen LogP contribution in [-0.2, 0) is 0 Å². The number of para-hydroxylation sites is 1. The minimum Gasteiger partial charge on any atom is -0.355 e. The fourth-order valence-corrected chi connectivity index (χ4v) is 2.92. The van der Waals surface area contributed by atoms with Crippen LogP contribution in [-0.4, -0.2) is 5.11 Å². The van der Waals surface area contributed by atoms with Crippen molar-refractivity contribution in [1.82, 2.24) is 5.32 Å². The van der Waals surface area contributed by atoms with Gasteiger partial charge < -0.3 is 10.6 Å². The maximum Gasteiger partial charge on any atom is 0.171 e. The lowest BCUT2D eigenvalue weighted by atomic mass is 9.92. The first-order chi connectivity index (χ1) is 11.3. The van der Waals surface area contributed by atoms with E-state index in [2.05, 4.69) is 36.6 Å². The minimum atomic E-state index is -0.674. The molecule has 2 nitrogen and oxygen atoms in total. The fourth-order valence-electron chi connectivity index (χ4n) is 2.69. The predicted octanol–water partition coefficient (Wildman–Crippen LogP) is 5.27. The van der Waals surface area contributed by atoms with Crippen LogP contribution in [0.2, 0.25) is 0 Å². The molecule has 0 amide bonds. The number of nitrogens with one attached hydrogen (secondary N) is 2. The van der Waals surface area contributed by atoms with Crippen molar-refractivity contribution < 1.29 is 8.78 Å². The number of hydrogen-bond acceptors (Lipinski definition) is 1. The summed E-state index contributed by atoms with van der Waals surface area (Å²) < 4.78 is 27.5. The van der Waals surface area contributed by atoms with Gasteiger partial charge in [0.05, 0.1) is 6.04 Å². The first kappa shape index (κ1) is 18.3. The highest BCUT2D eigenvalue weighted by atomic mass is 32.1. The van der Waals surface area contributed by atoms with E-state index < -0.39 is 11.6 Å². The zero-order valence-electron chi connectivity index (χ0n) is 14.3. The zero-order valence-corrected chi connectivity index (χ0v) is 15.1. The van der Waals surface area contributed by atoms with Gasteiger partial charge in [-0.2, -0.15) is 0 Å². The maximum absolute atomic E-state index is 13.7. The van der Waals surface area contributed by atoms with Crippen molar-refractivity contribution in [2.24, 2.45) is 5.92 Å². The summed E-state index contributed by atoms with van der Waals surface area (Å²) in [5.74, 6) is -1.10. The topological polar surface area (TPSA) is 24.1 Å². The van der Waals surface area contributed by atoms with Crippen molar-refractivity contribution in [3.63, 3.8) is 0 Å². The first-order valence-corrected chi connectivity index (χ1v) is 8.29. The zero-order chi connectivity index (χ0) is 17.9. The van der Waals surface area contributed by atoms with E-state index in [0.29, 0.717) is 0 Å². The van der Waals surface area contributed by atoms with E-state index in [9.17, 15) is 8.78 Å². The van der Waals surface area contributed by atoms with Gasteiger partial charge >= 0.3 is 0 Å². The number of halogens is 2. The average Bonchev–Trinajstić information content (AvgIpc) is 2.49. The summed E-state index contributed by atoms with van der Waals surface area (Å²) in [6.07, 6.45) is 0.